The number of thiophene rings is 2. The van der Waals surface area contributed by atoms with Crippen LogP contribution in [0.5, 0.6) is 0 Å². The van der Waals surface area contributed by atoms with Gasteiger partial charge in [0.15, 0.2) is 0 Å². The Morgan fingerprint density at radius 3 is 1.67 bits per heavy atom. The first-order valence-electron chi connectivity index (χ1n) is 9.31. The Morgan fingerprint density at radius 2 is 1.27 bits per heavy atom. The number of nitrogen functional groups attached to an aromatic ring is 2. The summed E-state index contributed by atoms with van der Waals surface area (Å²) in [7, 11) is 1.33. The lowest BCUT2D eigenvalue weighted by Crippen LogP contribution is -2.00. The predicted octanol–water partition coefficient (Wildman–Crippen LogP) is 6.79. The molecule has 4 aromatic rings. The Morgan fingerprint density at radius 1 is 0.818 bits per heavy atom. The van der Waals surface area contributed by atoms with Crippen LogP contribution in [0.25, 0.3) is 20.9 Å². The molecule has 5 N–H and O–H groups in total. The van der Waals surface area contributed by atoms with Crippen molar-refractivity contribution in [1.82, 2.24) is 0 Å². The predicted molar refractivity (Wildman–Crippen MR) is 137 cm³/mol. The van der Waals surface area contributed by atoms with Crippen molar-refractivity contribution in [2.45, 2.75) is 0 Å². The maximum Gasteiger partial charge on any atom is 0.350 e. The van der Waals surface area contributed by atoms with Gasteiger partial charge >= 0.3 is 11.9 Å². The number of anilines is 2. The minimum atomic E-state index is -1.00. The van der Waals surface area contributed by atoms with Gasteiger partial charge < -0.3 is 21.3 Å². The third-order valence-electron chi connectivity index (χ3n) is 4.30. The number of benzene rings is 2. The van der Waals surface area contributed by atoms with E-state index in [1.165, 1.54) is 18.4 Å². The third-order valence-corrected chi connectivity index (χ3v) is 7.14. The highest BCUT2D eigenvalue weighted by molar-refractivity contribution is 7.18. The molecular formula is C23H18Cl2N2O4S2. The van der Waals surface area contributed by atoms with Crippen molar-refractivity contribution in [3.05, 3.63) is 80.5 Å². The number of methoxy groups -OCH3 is 1. The number of ether oxygens (including phenoxy) is 1. The molecule has 4 rings (SSSR count). The van der Waals surface area contributed by atoms with Crippen LogP contribution in [0.3, 0.4) is 0 Å². The third kappa shape index (κ3) is 6.06. The van der Waals surface area contributed by atoms with Gasteiger partial charge in [0.2, 0.25) is 0 Å². The van der Waals surface area contributed by atoms with Crippen molar-refractivity contribution < 1.29 is 19.4 Å². The number of carbonyl (C=O) groups is 2. The molecule has 0 saturated carbocycles. The zero-order chi connectivity index (χ0) is 24.1. The molecular weight excluding hydrogens is 503 g/mol. The van der Waals surface area contributed by atoms with Gasteiger partial charge in [0.05, 0.1) is 18.5 Å². The summed E-state index contributed by atoms with van der Waals surface area (Å²) in [4.78, 5) is 24.5. The van der Waals surface area contributed by atoms with Crippen LogP contribution in [0.4, 0.5) is 11.4 Å². The van der Waals surface area contributed by atoms with Crippen LogP contribution in [0.15, 0.2) is 60.7 Å². The number of esters is 1. The maximum atomic E-state index is 11.4. The van der Waals surface area contributed by atoms with Gasteiger partial charge in [0.25, 0.3) is 0 Å². The standard InChI is InChI=1S/C12H10ClNO2S.C11H8ClNO2S/c1-16-12(15)11-9(14)6-10(17-11)7-3-2-4-8(13)5-7;12-7-3-1-2-6(4-7)9-5-8(13)10(16-9)11(14)15/h2-6H,14H2,1H3;1-5H,13H2,(H,14,15). The van der Waals surface area contributed by atoms with E-state index in [9.17, 15) is 9.59 Å². The number of halogens is 2. The molecule has 6 nitrogen and oxygen atoms in total. The maximum absolute atomic E-state index is 11.4. The van der Waals surface area contributed by atoms with Crippen molar-refractivity contribution in [2.24, 2.45) is 0 Å². The van der Waals surface area contributed by atoms with Crippen LogP contribution in [0.1, 0.15) is 19.3 Å². The van der Waals surface area contributed by atoms with Gasteiger partial charge in [0.1, 0.15) is 9.75 Å². The molecule has 2 heterocycles. The summed E-state index contributed by atoms with van der Waals surface area (Å²) in [5.41, 5.74) is 13.9. The molecule has 10 heteroatoms. The fraction of sp³-hybridized carbons (Fsp3) is 0.0435. The summed E-state index contributed by atoms with van der Waals surface area (Å²) >= 11 is 14.2. The normalized spacial score (nSPS) is 10.3. The molecule has 0 aliphatic heterocycles. The summed E-state index contributed by atoms with van der Waals surface area (Å²) in [5, 5.41) is 10.1. The molecule has 0 bridgehead atoms. The van der Waals surface area contributed by atoms with Crippen LogP contribution in [0.2, 0.25) is 10.0 Å². The Kier molecular flexibility index (Phi) is 7.99. The second kappa shape index (κ2) is 10.7. The van der Waals surface area contributed by atoms with Crippen molar-refractivity contribution in [3.63, 3.8) is 0 Å². The van der Waals surface area contributed by atoms with Crippen LogP contribution >= 0.6 is 45.9 Å². The molecule has 170 valence electrons. The van der Waals surface area contributed by atoms with Crippen LogP contribution in [-0.2, 0) is 4.74 Å². The van der Waals surface area contributed by atoms with Crippen molar-refractivity contribution in [3.8, 4) is 20.9 Å². The van der Waals surface area contributed by atoms with Gasteiger partial charge in [-0.15, -0.1) is 22.7 Å². The topological polar surface area (TPSA) is 116 Å². The molecule has 0 saturated heterocycles. The smallest absolute Gasteiger partial charge is 0.350 e. The lowest BCUT2D eigenvalue weighted by molar-refractivity contribution is 0.0606. The first-order valence-corrected chi connectivity index (χ1v) is 11.7. The minimum Gasteiger partial charge on any atom is -0.477 e. The van der Waals surface area contributed by atoms with Crippen LogP contribution in [0, 0.1) is 0 Å². The van der Waals surface area contributed by atoms with Crippen molar-refractivity contribution >= 4 is 69.2 Å². The van der Waals surface area contributed by atoms with E-state index in [2.05, 4.69) is 4.74 Å². The van der Waals surface area contributed by atoms with Crippen LogP contribution < -0.4 is 11.5 Å². The number of hydrogen-bond donors (Lipinski definition) is 3. The highest BCUT2D eigenvalue weighted by Gasteiger charge is 2.16. The van der Waals surface area contributed by atoms with E-state index in [1.54, 1.807) is 30.3 Å². The lowest BCUT2D eigenvalue weighted by Gasteiger charge is -1.97. The molecule has 0 aliphatic carbocycles. The van der Waals surface area contributed by atoms with Gasteiger partial charge in [-0.05, 0) is 47.5 Å². The van der Waals surface area contributed by atoms with E-state index in [0.717, 1.165) is 32.2 Å². The average molecular weight is 521 g/mol. The molecule has 33 heavy (non-hydrogen) atoms. The van der Waals surface area contributed by atoms with Gasteiger partial charge in [-0.2, -0.15) is 0 Å². The quantitative estimate of drug-likeness (QED) is 0.255. The first kappa shape index (κ1) is 24.6. The van der Waals surface area contributed by atoms with E-state index in [1.807, 2.05) is 30.3 Å². The Bertz CT molecular complexity index is 1320. The number of hydrogen-bond acceptors (Lipinski definition) is 7. The van der Waals surface area contributed by atoms with Crippen molar-refractivity contribution in [2.75, 3.05) is 18.6 Å². The summed E-state index contributed by atoms with van der Waals surface area (Å²) in [5.74, 6) is -1.42. The number of aromatic carboxylic acids is 1. The van der Waals surface area contributed by atoms with E-state index in [-0.39, 0.29) is 10.6 Å². The highest BCUT2D eigenvalue weighted by atomic mass is 35.5. The summed E-state index contributed by atoms with van der Waals surface area (Å²) < 4.78 is 4.66. The minimum absolute atomic E-state index is 0.162. The van der Waals surface area contributed by atoms with Gasteiger partial charge in [-0.25, -0.2) is 9.59 Å². The average Bonchev–Trinajstić information content (AvgIpc) is 3.37. The number of rotatable bonds is 4. The number of nitrogens with two attached hydrogens (primary N) is 2. The molecule has 0 radical (unpaired) electrons. The summed E-state index contributed by atoms with van der Waals surface area (Å²) in [6.07, 6.45) is 0. The van der Waals surface area contributed by atoms with E-state index >= 15 is 0 Å². The summed E-state index contributed by atoms with van der Waals surface area (Å²) in [6, 6.07) is 18.0. The molecule has 2 aromatic heterocycles. The largest absolute Gasteiger partial charge is 0.477 e. The van der Waals surface area contributed by atoms with E-state index in [4.69, 9.17) is 39.8 Å². The molecule has 0 aliphatic rings. The van der Waals surface area contributed by atoms with Gasteiger partial charge in [-0.3, -0.25) is 0 Å². The monoisotopic (exact) mass is 520 g/mol. The zero-order valence-corrected chi connectivity index (χ0v) is 20.3. The second-order valence-corrected chi connectivity index (χ2v) is 9.58. The first-order chi connectivity index (χ1) is 15.7. The fourth-order valence-electron chi connectivity index (χ4n) is 2.80. The number of carboxylic acids is 1. The molecule has 2 aromatic carbocycles. The van der Waals surface area contributed by atoms with Crippen molar-refractivity contribution in [1.29, 1.82) is 0 Å². The molecule has 0 spiro atoms. The molecule has 0 amide bonds. The lowest BCUT2D eigenvalue weighted by atomic mass is 10.2. The summed E-state index contributed by atoms with van der Waals surface area (Å²) in [6.45, 7) is 0. The van der Waals surface area contributed by atoms with Crippen LogP contribution in [-0.4, -0.2) is 24.2 Å². The molecule has 0 unspecified atom stereocenters. The Hall–Kier alpha value is -3.04. The van der Waals surface area contributed by atoms with Gasteiger partial charge in [0, 0.05) is 19.8 Å². The number of carboxylic acid groups (broad SMARTS) is 1. The fourth-order valence-corrected chi connectivity index (χ4v) is 5.09. The number of carbonyl (C=O) groups excluding carboxylic acids is 1. The van der Waals surface area contributed by atoms with E-state index < -0.39 is 11.9 Å². The second-order valence-electron chi connectivity index (χ2n) is 6.61. The SMILES string of the molecule is COC(=O)c1sc(-c2cccc(Cl)c2)cc1N.Nc1cc(-c2cccc(Cl)c2)sc1C(=O)O. The van der Waals surface area contributed by atoms with Gasteiger partial charge in [-0.1, -0.05) is 47.5 Å². The van der Waals surface area contributed by atoms with E-state index in [0.29, 0.717) is 20.6 Å². The highest BCUT2D eigenvalue weighted by Crippen LogP contribution is 2.35. The Labute approximate surface area is 208 Å². The zero-order valence-electron chi connectivity index (χ0n) is 17.2. The molecule has 0 atom stereocenters. The molecule has 0 fully saturated rings. The Balaban J connectivity index is 0.000000186.